The number of anilines is 1. The maximum Gasteiger partial charge on any atom is 0.347 e. The van der Waals surface area contributed by atoms with Crippen LogP contribution in [0, 0.1) is 0 Å². The van der Waals surface area contributed by atoms with Crippen LogP contribution in [-0.2, 0) is 33.3 Å². The van der Waals surface area contributed by atoms with E-state index in [1.165, 1.54) is 31.1 Å². The number of imidazole rings is 1. The zero-order valence-electron chi connectivity index (χ0n) is 22.3. The Morgan fingerprint density at radius 1 is 1.10 bits per heavy atom. The van der Waals surface area contributed by atoms with Crippen molar-refractivity contribution in [2.75, 3.05) is 38.8 Å². The van der Waals surface area contributed by atoms with Gasteiger partial charge in [0.1, 0.15) is 49.5 Å². The summed E-state index contributed by atoms with van der Waals surface area (Å²) in [6.45, 7) is 2.87. The summed E-state index contributed by atoms with van der Waals surface area (Å²) in [4.78, 5) is 39.5. The number of ether oxygens (including phenoxy) is 5. The van der Waals surface area contributed by atoms with Crippen LogP contribution in [0.4, 0.5) is 5.82 Å². The summed E-state index contributed by atoms with van der Waals surface area (Å²) in [5.41, 5.74) is 6.52. The lowest BCUT2D eigenvalue weighted by molar-refractivity contribution is -0.172. The van der Waals surface area contributed by atoms with E-state index in [0.717, 1.165) is 0 Å². The van der Waals surface area contributed by atoms with Crippen molar-refractivity contribution < 1.29 is 48.6 Å². The first-order valence-electron chi connectivity index (χ1n) is 12.8. The van der Waals surface area contributed by atoms with Gasteiger partial charge in [-0.15, -0.1) is 5.11 Å². The normalized spacial score (nSPS) is 25.3. The zero-order chi connectivity index (χ0) is 29.5. The Balaban J connectivity index is 1.12. The van der Waals surface area contributed by atoms with Crippen LogP contribution in [0.25, 0.3) is 11.2 Å². The zero-order valence-corrected chi connectivity index (χ0v) is 22.3. The maximum absolute atomic E-state index is 11.8. The monoisotopic (exact) mass is 580 g/mol. The number of nitrogens with zero attached hydrogens (tertiary/aromatic N) is 7. The van der Waals surface area contributed by atoms with E-state index >= 15 is 0 Å². The smallest absolute Gasteiger partial charge is 0.347 e. The number of fused-ring (bicyclic) bond motifs is 1. The number of aromatic nitrogens is 4. The fourth-order valence-corrected chi connectivity index (χ4v) is 3.89. The average molecular weight is 581 g/mol. The molecule has 0 amide bonds. The number of carbonyl (C=O) groups is 2. The third kappa shape index (κ3) is 7.54. The number of hydrogen-bond acceptors (Lipinski definition) is 17. The van der Waals surface area contributed by atoms with Gasteiger partial charge in [0.25, 0.3) is 0 Å². The van der Waals surface area contributed by atoms with Crippen molar-refractivity contribution >= 4 is 34.8 Å². The van der Waals surface area contributed by atoms with E-state index in [2.05, 4.69) is 30.2 Å². The molecule has 18 nitrogen and oxygen atoms in total. The molecule has 0 saturated carbocycles. The first kappa shape index (κ1) is 30.3. The molecule has 2 aliphatic rings. The molecule has 4 heterocycles. The van der Waals surface area contributed by atoms with Crippen molar-refractivity contribution in [2.24, 2.45) is 15.2 Å². The van der Waals surface area contributed by atoms with E-state index in [1.54, 1.807) is 0 Å². The SMILES string of the molecule is CC(O)C(=O)OC(C)C(=O)OCCOCCC1N=NC(COC[C@H]2O[C@@H](n3cnc4c(N)ncnc43)[C@@H](O)C2O)=N1. The predicted octanol–water partition coefficient (Wildman–Crippen LogP) is -1.50. The lowest BCUT2D eigenvalue weighted by atomic mass is 10.1. The van der Waals surface area contributed by atoms with E-state index in [1.807, 2.05) is 0 Å². The molecular formula is C23H32N8O10. The maximum atomic E-state index is 11.8. The highest BCUT2D eigenvalue weighted by Gasteiger charge is 2.44. The number of aliphatic hydroxyl groups is 3. The Hall–Kier alpha value is -3.68. The minimum absolute atomic E-state index is 0.0136. The minimum atomic E-state index is -1.33. The largest absolute Gasteiger partial charge is 0.461 e. The van der Waals surface area contributed by atoms with Crippen LogP contribution in [0.15, 0.2) is 27.9 Å². The molecule has 0 aliphatic carbocycles. The van der Waals surface area contributed by atoms with Crippen LogP contribution in [0.3, 0.4) is 0 Å². The molecule has 0 aromatic carbocycles. The molecule has 2 aromatic heterocycles. The van der Waals surface area contributed by atoms with Gasteiger partial charge in [0, 0.05) is 6.42 Å². The molecule has 41 heavy (non-hydrogen) atoms. The molecule has 2 aliphatic heterocycles. The molecule has 4 unspecified atom stereocenters. The van der Waals surface area contributed by atoms with Gasteiger partial charge in [-0.25, -0.2) is 29.5 Å². The quantitative estimate of drug-likeness (QED) is 0.147. The van der Waals surface area contributed by atoms with Crippen LogP contribution >= 0.6 is 0 Å². The lowest BCUT2D eigenvalue weighted by Crippen LogP contribution is -2.34. The summed E-state index contributed by atoms with van der Waals surface area (Å²) >= 11 is 0. The molecule has 18 heteroatoms. The summed E-state index contributed by atoms with van der Waals surface area (Å²) in [7, 11) is 0. The Labute approximate surface area is 233 Å². The summed E-state index contributed by atoms with van der Waals surface area (Å²) < 4.78 is 28.0. The van der Waals surface area contributed by atoms with E-state index in [-0.39, 0.29) is 38.9 Å². The van der Waals surface area contributed by atoms with Crippen LogP contribution in [0.2, 0.25) is 0 Å². The van der Waals surface area contributed by atoms with Gasteiger partial charge in [0.05, 0.1) is 26.1 Å². The Morgan fingerprint density at radius 2 is 1.90 bits per heavy atom. The van der Waals surface area contributed by atoms with Crippen molar-refractivity contribution in [3.8, 4) is 0 Å². The van der Waals surface area contributed by atoms with E-state index in [0.29, 0.717) is 23.4 Å². The number of rotatable bonds is 14. The summed E-state index contributed by atoms with van der Waals surface area (Å²) in [5.74, 6) is -1.14. The predicted molar refractivity (Wildman–Crippen MR) is 136 cm³/mol. The molecule has 0 bridgehead atoms. The molecule has 0 spiro atoms. The second-order valence-corrected chi connectivity index (χ2v) is 9.21. The standard InChI is InChI=1S/C23H32N8O10/c1-11(32)22(35)40-12(2)23(36)39-6-5-37-4-3-14-28-15(30-29-14)8-38-7-13-17(33)18(34)21(41-13)31-10-27-16-19(24)25-9-26-20(16)31/h9-14,17-18,21,32-34H,3-8H2,1-2H3,(H2,24,25,26)/t11?,12?,13-,14?,17?,18+,21-/m1/s1. The van der Waals surface area contributed by atoms with Crippen molar-refractivity contribution in [1.82, 2.24) is 19.5 Å². The Kier molecular flexibility index (Phi) is 10.2. The van der Waals surface area contributed by atoms with Crippen molar-refractivity contribution in [3.63, 3.8) is 0 Å². The number of hydrogen-bond donors (Lipinski definition) is 4. The number of carbonyl (C=O) groups excluding carboxylic acids is 2. The van der Waals surface area contributed by atoms with Crippen molar-refractivity contribution in [1.29, 1.82) is 0 Å². The Bertz CT molecular complexity index is 1270. The highest BCUT2D eigenvalue weighted by molar-refractivity contribution is 5.85. The van der Waals surface area contributed by atoms with Crippen molar-refractivity contribution in [3.05, 3.63) is 12.7 Å². The van der Waals surface area contributed by atoms with E-state index in [4.69, 9.17) is 34.5 Å². The van der Waals surface area contributed by atoms with Gasteiger partial charge in [-0.2, -0.15) is 5.11 Å². The van der Waals surface area contributed by atoms with Gasteiger partial charge < -0.3 is 44.7 Å². The van der Waals surface area contributed by atoms with Gasteiger partial charge >= 0.3 is 11.9 Å². The van der Waals surface area contributed by atoms with Crippen molar-refractivity contribution in [2.45, 2.75) is 63.2 Å². The van der Waals surface area contributed by atoms with Crippen LogP contribution in [-0.4, -0.2) is 122 Å². The summed E-state index contributed by atoms with van der Waals surface area (Å²) in [6, 6.07) is 0. The highest BCUT2D eigenvalue weighted by atomic mass is 16.6. The van der Waals surface area contributed by atoms with Gasteiger partial charge in [0.2, 0.25) is 0 Å². The molecule has 2 aromatic rings. The van der Waals surface area contributed by atoms with Crippen LogP contribution in [0.5, 0.6) is 0 Å². The van der Waals surface area contributed by atoms with Gasteiger partial charge in [-0.05, 0) is 13.8 Å². The minimum Gasteiger partial charge on any atom is -0.461 e. The summed E-state index contributed by atoms with van der Waals surface area (Å²) in [6.07, 6.45) is -4.11. The third-order valence-electron chi connectivity index (χ3n) is 6.07. The Morgan fingerprint density at radius 3 is 2.68 bits per heavy atom. The fraction of sp³-hybridized carbons (Fsp3) is 0.652. The molecule has 5 N–H and O–H groups in total. The van der Waals surface area contributed by atoms with Gasteiger partial charge in [-0.3, -0.25) is 4.57 Å². The molecular weight excluding hydrogens is 548 g/mol. The first-order valence-corrected chi connectivity index (χ1v) is 12.8. The number of nitrogens with two attached hydrogens (primary N) is 1. The number of amidine groups is 1. The number of azo groups is 1. The molecule has 4 rings (SSSR count). The summed E-state index contributed by atoms with van der Waals surface area (Å²) in [5, 5.41) is 38.1. The molecule has 224 valence electrons. The number of aliphatic imine (C=N–C) groups is 1. The van der Waals surface area contributed by atoms with Gasteiger partial charge in [0.15, 0.2) is 35.8 Å². The topological polar surface area (TPSA) is 248 Å². The van der Waals surface area contributed by atoms with Crippen LogP contribution < -0.4 is 5.73 Å². The molecule has 7 atom stereocenters. The highest BCUT2D eigenvalue weighted by Crippen LogP contribution is 2.32. The first-order chi connectivity index (χ1) is 19.7. The molecule has 1 saturated heterocycles. The lowest BCUT2D eigenvalue weighted by Gasteiger charge is -2.16. The number of aliphatic hydroxyl groups excluding tert-OH is 3. The van der Waals surface area contributed by atoms with Gasteiger partial charge in [-0.1, -0.05) is 0 Å². The second kappa shape index (κ2) is 13.8. The van der Waals surface area contributed by atoms with Crippen LogP contribution in [0.1, 0.15) is 26.5 Å². The fourth-order valence-electron chi connectivity index (χ4n) is 3.89. The average Bonchev–Trinajstić information content (AvgIpc) is 3.65. The number of nitrogen functional groups attached to an aromatic ring is 1. The second-order valence-electron chi connectivity index (χ2n) is 9.21. The molecule has 1 fully saturated rings. The number of esters is 2. The van der Waals surface area contributed by atoms with E-state index < -0.39 is 54.9 Å². The molecule has 0 radical (unpaired) electrons. The van der Waals surface area contributed by atoms with E-state index in [9.17, 15) is 19.8 Å². The third-order valence-corrected chi connectivity index (χ3v) is 6.07.